The van der Waals surface area contributed by atoms with Crippen LogP contribution in [0.15, 0.2) is 54.6 Å². The zero-order valence-corrected chi connectivity index (χ0v) is 14.0. The summed E-state index contributed by atoms with van der Waals surface area (Å²) in [7, 11) is 0. The molecule has 2 rings (SSSR count). The van der Waals surface area contributed by atoms with Gasteiger partial charge in [0, 0.05) is 6.54 Å². The fourth-order valence-corrected chi connectivity index (χ4v) is 2.17. The molecule has 5 nitrogen and oxygen atoms in total. The van der Waals surface area contributed by atoms with Gasteiger partial charge in [-0.2, -0.15) is 13.2 Å². The number of carboxylic acid groups (broad SMARTS) is 1. The van der Waals surface area contributed by atoms with E-state index in [0.29, 0.717) is 6.07 Å². The number of amides is 1. The molecule has 1 amide bonds. The highest BCUT2D eigenvalue weighted by atomic mass is 19.4. The van der Waals surface area contributed by atoms with E-state index in [2.05, 4.69) is 5.32 Å². The summed E-state index contributed by atoms with van der Waals surface area (Å²) in [4.78, 5) is 22.7. The van der Waals surface area contributed by atoms with E-state index in [4.69, 9.17) is 9.84 Å². The average Bonchev–Trinajstić information content (AvgIpc) is 2.63. The number of carboxylic acids is 1. The van der Waals surface area contributed by atoms with Gasteiger partial charge in [-0.3, -0.25) is 0 Å². The number of carbonyl (C=O) groups is 2. The third kappa shape index (κ3) is 6.18. The Balaban J connectivity index is 1.94. The van der Waals surface area contributed by atoms with E-state index in [1.165, 1.54) is 12.2 Å². The number of carbonyl (C=O) groups excluding carboxylic acids is 1. The summed E-state index contributed by atoms with van der Waals surface area (Å²) in [6, 6.07) is 11.3. The summed E-state index contributed by atoms with van der Waals surface area (Å²) < 4.78 is 43.3. The van der Waals surface area contributed by atoms with E-state index < -0.39 is 23.8 Å². The van der Waals surface area contributed by atoms with Crippen LogP contribution in [-0.2, 0) is 17.5 Å². The highest BCUT2D eigenvalue weighted by Crippen LogP contribution is 2.31. The number of alkyl halides is 3. The molecule has 0 unspecified atom stereocenters. The summed E-state index contributed by atoms with van der Waals surface area (Å²) in [5.74, 6) is -1.35. The normalized spacial score (nSPS) is 11.4. The van der Waals surface area contributed by atoms with Crippen molar-refractivity contribution in [3.05, 3.63) is 76.9 Å². The molecule has 0 fully saturated rings. The minimum Gasteiger partial charge on any atom is -0.478 e. The van der Waals surface area contributed by atoms with E-state index in [9.17, 15) is 22.8 Å². The standard InChI is InChI=1S/C19H16F3NO4/c20-19(21,22)15-8-9-16(17(24)25)14(11-15)7-4-10-23-18(26)27-12-13-5-2-1-3-6-13/h1-9,11H,10,12H2,(H,23,26)(H,24,25). The highest BCUT2D eigenvalue weighted by molar-refractivity contribution is 5.92. The van der Waals surface area contributed by atoms with E-state index in [-0.39, 0.29) is 24.3 Å². The molecule has 0 aliphatic rings. The zero-order chi connectivity index (χ0) is 19.9. The summed E-state index contributed by atoms with van der Waals surface area (Å²) in [6.45, 7) is 0.0378. The van der Waals surface area contributed by atoms with E-state index in [1.54, 1.807) is 24.3 Å². The van der Waals surface area contributed by atoms with Crippen molar-refractivity contribution < 1.29 is 32.6 Å². The second kappa shape index (κ2) is 8.88. The molecule has 2 aromatic rings. The van der Waals surface area contributed by atoms with Crippen LogP contribution in [-0.4, -0.2) is 23.7 Å². The number of ether oxygens (including phenoxy) is 1. The van der Waals surface area contributed by atoms with Gasteiger partial charge in [-0.15, -0.1) is 0 Å². The smallest absolute Gasteiger partial charge is 0.416 e. The number of aromatic carboxylic acids is 1. The first-order valence-electron chi connectivity index (χ1n) is 7.83. The molecule has 0 saturated heterocycles. The summed E-state index contributed by atoms with van der Waals surface area (Å²) >= 11 is 0. The van der Waals surface area contributed by atoms with Crippen LogP contribution in [0.2, 0.25) is 0 Å². The fraction of sp³-hybridized carbons (Fsp3) is 0.158. The molecule has 142 valence electrons. The van der Waals surface area contributed by atoms with Crippen LogP contribution in [0.3, 0.4) is 0 Å². The lowest BCUT2D eigenvalue weighted by atomic mass is 10.0. The molecular formula is C19H16F3NO4. The van der Waals surface area contributed by atoms with Crippen molar-refractivity contribution in [3.63, 3.8) is 0 Å². The Bertz CT molecular complexity index is 833. The van der Waals surface area contributed by atoms with Gasteiger partial charge in [0.05, 0.1) is 11.1 Å². The van der Waals surface area contributed by atoms with E-state index >= 15 is 0 Å². The van der Waals surface area contributed by atoms with Crippen molar-refractivity contribution in [1.29, 1.82) is 0 Å². The monoisotopic (exact) mass is 379 g/mol. The van der Waals surface area contributed by atoms with Gasteiger partial charge in [-0.05, 0) is 29.3 Å². The van der Waals surface area contributed by atoms with Gasteiger partial charge in [0.1, 0.15) is 6.61 Å². The Kier molecular flexibility index (Phi) is 6.59. The van der Waals surface area contributed by atoms with Crippen molar-refractivity contribution in [2.75, 3.05) is 6.54 Å². The third-order valence-electron chi connectivity index (χ3n) is 3.48. The van der Waals surface area contributed by atoms with Crippen molar-refractivity contribution >= 4 is 18.1 Å². The number of benzene rings is 2. The molecule has 0 atom stereocenters. The predicted octanol–water partition coefficient (Wildman–Crippen LogP) is 4.34. The Hall–Kier alpha value is -3.29. The number of alkyl carbamates (subject to hydrolysis) is 1. The average molecular weight is 379 g/mol. The summed E-state index contributed by atoms with van der Waals surface area (Å²) in [5, 5.41) is 11.5. The molecule has 0 heterocycles. The van der Waals surface area contributed by atoms with Gasteiger partial charge < -0.3 is 15.2 Å². The van der Waals surface area contributed by atoms with Gasteiger partial charge in [-0.1, -0.05) is 42.5 Å². The van der Waals surface area contributed by atoms with Crippen molar-refractivity contribution in [3.8, 4) is 0 Å². The minimum atomic E-state index is -4.58. The number of nitrogens with one attached hydrogen (secondary N) is 1. The molecule has 0 spiro atoms. The fourth-order valence-electron chi connectivity index (χ4n) is 2.17. The lowest BCUT2D eigenvalue weighted by Gasteiger charge is -2.09. The van der Waals surface area contributed by atoms with Gasteiger partial charge in [0.2, 0.25) is 0 Å². The van der Waals surface area contributed by atoms with Crippen molar-refractivity contribution in [2.24, 2.45) is 0 Å². The first-order chi connectivity index (χ1) is 12.8. The maximum atomic E-state index is 12.8. The van der Waals surface area contributed by atoms with Gasteiger partial charge in [-0.25, -0.2) is 9.59 Å². The van der Waals surface area contributed by atoms with Crippen LogP contribution in [0, 0.1) is 0 Å². The second-order valence-corrected chi connectivity index (χ2v) is 5.45. The van der Waals surface area contributed by atoms with Gasteiger partial charge in [0.15, 0.2) is 0 Å². The maximum absolute atomic E-state index is 12.8. The van der Waals surface area contributed by atoms with Crippen LogP contribution in [0.4, 0.5) is 18.0 Å². The lowest BCUT2D eigenvalue weighted by molar-refractivity contribution is -0.137. The Morgan fingerprint density at radius 2 is 1.81 bits per heavy atom. The number of rotatable bonds is 6. The Morgan fingerprint density at radius 3 is 2.44 bits per heavy atom. The first-order valence-corrected chi connectivity index (χ1v) is 7.83. The molecule has 2 aromatic carbocycles. The Morgan fingerprint density at radius 1 is 1.11 bits per heavy atom. The first kappa shape index (κ1) is 20.0. The molecule has 0 bridgehead atoms. The molecule has 2 N–H and O–H groups in total. The van der Waals surface area contributed by atoms with Crippen LogP contribution < -0.4 is 5.32 Å². The van der Waals surface area contributed by atoms with Crippen LogP contribution >= 0.6 is 0 Å². The largest absolute Gasteiger partial charge is 0.478 e. The zero-order valence-electron chi connectivity index (χ0n) is 14.0. The van der Waals surface area contributed by atoms with Gasteiger partial charge in [0.25, 0.3) is 0 Å². The maximum Gasteiger partial charge on any atom is 0.416 e. The predicted molar refractivity (Wildman–Crippen MR) is 92.1 cm³/mol. The summed E-state index contributed by atoms with van der Waals surface area (Å²) in [6.07, 6.45) is -2.74. The SMILES string of the molecule is O=C(NCC=Cc1cc(C(F)(F)F)ccc1C(=O)O)OCc1ccccc1. The highest BCUT2D eigenvalue weighted by Gasteiger charge is 2.31. The minimum absolute atomic E-state index is 0.0388. The number of hydrogen-bond donors (Lipinski definition) is 2. The van der Waals surface area contributed by atoms with Gasteiger partial charge >= 0.3 is 18.2 Å². The second-order valence-electron chi connectivity index (χ2n) is 5.45. The quantitative estimate of drug-likeness (QED) is 0.783. The molecule has 0 aromatic heterocycles. The number of hydrogen-bond acceptors (Lipinski definition) is 3. The molecule has 0 radical (unpaired) electrons. The molecule has 0 aliphatic carbocycles. The number of halogens is 3. The molecule has 8 heteroatoms. The molecular weight excluding hydrogens is 363 g/mol. The molecule has 0 saturated carbocycles. The summed E-state index contributed by atoms with van der Waals surface area (Å²) in [5.41, 5.74) is -0.539. The van der Waals surface area contributed by atoms with E-state index in [0.717, 1.165) is 17.7 Å². The van der Waals surface area contributed by atoms with Crippen molar-refractivity contribution in [2.45, 2.75) is 12.8 Å². The topological polar surface area (TPSA) is 75.6 Å². The van der Waals surface area contributed by atoms with E-state index in [1.807, 2.05) is 6.07 Å². The van der Waals surface area contributed by atoms with Crippen LogP contribution in [0.1, 0.15) is 27.0 Å². The molecule has 0 aliphatic heterocycles. The van der Waals surface area contributed by atoms with Crippen molar-refractivity contribution in [1.82, 2.24) is 5.32 Å². The molecule has 27 heavy (non-hydrogen) atoms. The van der Waals surface area contributed by atoms with Crippen LogP contribution in [0.5, 0.6) is 0 Å². The lowest BCUT2D eigenvalue weighted by Crippen LogP contribution is -2.24. The van der Waals surface area contributed by atoms with Crippen LogP contribution in [0.25, 0.3) is 6.08 Å². The Labute approximate surface area is 153 Å². The third-order valence-corrected chi connectivity index (χ3v) is 3.48.